The summed E-state index contributed by atoms with van der Waals surface area (Å²) in [5.41, 5.74) is 0.318. The molecule has 1 aromatic rings. The molecule has 0 heterocycles. The number of hydrogen-bond donors (Lipinski definition) is 1. The minimum atomic E-state index is -0.748. The molecule has 1 rings (SSSR count). The van der Waals surface area contributed by atoms with E-state index in [-0.39, 0.29) is 5.92 Å². The Hall–Kier alpha value is -1.97. The fourth-order valence-corrected chi connectivity index (χ4v) is 1.30. The Morgan fingerprint density at radius 2 is 1.76 bits per heavy atom. The van der Waals surface area contributed by atoms with Crippen molar-refractivity contribution in [1.82, 2.24) is 5.32 Å². The van der Waals surface area contributed by atoms with Crippen LogP contribution in [0.4, 0.5) is 0 Å². The quantitative estimate of drug-likeness (QED) is 0.472. The summed E-state index contributed by atoms with van der Waals surface area (Å²) in [6.45, 7) is 3.60. The molecule has 1 unspecified atom stereocenters. The topological polar surface area (TPSA) is 63.2 Å². The van der Waals surface area contributed by atoms with Gasteiger partial charge < -0.3 is 10.1 Å². The molecular formula is C13H15NO3. The third-order valence-corrected chi connectivity index (χ3v) is 2.40. The first-order chi connectivity index (χ1) is 8.06. The van der Waals surface area contributed by atoms with Gasteiger partial charge in [0.1, 0.15) is 6.29 Å². The molecule has 17 heavy (non-hydrogen) atoms. The zero-order valence-corrected chi connectivity index (χ0v) is 9.84. The number of carbonyl (C=O) groups is 3. The number of aldehydes is 1. The van der Waals surface area contributed by atoms with Crippen LogP contribution in [0.1, 0.15) is 24.2 Å². The number of carbonyl (C=O) groups excluding carboxylic acids is 3. The second kappa shape index (κ2) is 5.94. The van der Waals surface area contributed by atoms with Crippen molar-refractivity contribution in [2.45, 2.75) is 19.9 Å². The molecule has 0 saturated heterocycles. The van der Waals surface area contributed by atoms with Gasteiger partial charge in [-0.25, -0.2) is 0 Å². The molecule has 1 N–H and O–H groups in total. The lowest BCUT2D eigenvalue weighted by atomic mass is 10.0. The van der Waals surface area contributed by atoms with Gasteiger partial charge in [-0.1, -0.05) is 44.2 Å². The first kappa shape index (κ1) is 13.1. The molecule has 1 atom stereocenters. The summed E-state index contributed by atoms with van der Waals surface area (Å²) < 4.78 is 0. The van der Waals surface area contributed by atoms with Gasteiger partial charge in [-0.2, -0.15) is 0 Å². The molecule has 0 bridgehead atoms. The van der Waals surface area contributed by atoms with Crippen LogP contribution in [-0.2, 0) is 9.59 Å². The summed E-state index contributed by atoms with van der Waals surface area (Å²) in [7, 11) is 0. The standard InChI is InChI=1S/C13H15NO3/c1-9(2)11(8-15)14-13(17)12(16)10-6-4-3-5-7-10/h3-9,11H,1-2H3,(H,14,17). The SMILES string of the molecule is CC(C)C(C=O)NC(=O)C(=O)c1ccccc1. The van der Waals surface area contributed by atoms with E-state index in [4.69, 9.17) is 0 Å². The van der Waals surface area contributed by atoms with Crippen molar-refractivity contribution < 1.29 is 14.4 Å². The smallest absolute Gasteiger partial charge is 0.292 e. The predicted molar refractivity (Wildman–Crippen MR) is 63.6 cm³/mol. The van der Waals surface area contributed by atoms with Crippen LogP contribution < -0.4 is 5.32 Å². The van der Waals surface area contributed by atoms with Crippen molar-refractivity contribution in [1.29, 1.82) is 0 Å². The number of hydrogen-bond acceptors (Lipinski definition) is 3. The van der Waals surface area contributed by atoms with Gasteiger partial charge in [0.2, 0.25) is 5.78 Å². The zero-order valence-electron chi connectivity index (χ0n) is 9.84. The average Bonchev–Trinajstić information content (AvgIpc) is 2.35. The van der Waals surface area contributed by atoms with Crippen LogP contribution in [0.2, 0.25) is 0 Å². The molecular weight excluding hydrogens is 218 g/mol. The van der Waals surface area contributed by atoms with Crippen molar-refractivity contribution in [3.8, 4) is 0 Å². The van der Waals surface area contributed by atoms with E-state index < -0.39 is 17.7 Å². The highest BCUT2D eigenvalue weighted by molar-refractivity contribution is 6.43. The zero-order chi connectivity index (χ0) is 12.8. The lowest BCUT2D eigenvalue weighted by Crippen LogP contribution is -2.43. The molecule has 0 radical (unpaired) electrons. The van der Waals surface area contributed by atoms with E-state index in [9.17, 15) is 14.4 Å². The monoisotopic (exact) mass is 233 g/mol. The molecule has 0 saturated carbocycles. The van der Waals surface area contributed by atoms with Crippen molar-refractivity contribution in [2.24, 2.45) is 5.92 Å². The maximum absolute atomic E-state index is 11.7. The van der Waals surface area contributed by atoms with Crippen LogP contribution >= 0.6 is 0 Å². The van der Waals surface area contributed by atoms with Crippen LogP contribution in [-0.4, -0.2) is 24.0 Å². The van der Waals surface area contributed by atoms with Gasteiger partial charge in [-0.15, -0.1) is 0 Å². The van der Waals surface area contributed by atoms with E-state index in [1.54, 1.807) is 44.2 Å². The van der Waals surface area contributed by atoms with E-state index in [0.29, 0.717) is 11.8 Å². The second-order valence-corrected chi connectivity index (χ2v) is 4.07. The number of Topliss-reactive ketones (excluding diaryl/α,β-unsaturated/α-hetero) is 1. The third kappa shape index (κ3) is 3.52. The highest BCUT2D eigenvalue weighted by Gasteiger charge is 2.21. The van der Waals surface area contributed by atoms with Crippen LogP contribution in [0.5, 0.6) is 0 Å². The van der Waals surface area contributed by atoms with Gasteiger partial charge in [0.05, 0.1) is 6.04 Å². The van der Waals surface area contributed by atoms with Gasteiger partial charge >= 0.3 is 0 Å². The molecule has 0 spiro atoms. The fourth-order valence-electron chi connectivity index (χ4n) is 1.30. The normalized spacial score (nSPS) is 11.9. The molecule has 0 aliphatic carbocycles. The van der Waals surface area contributed by atoms with E-state index >= 15 is 0 Å². The molecule has 0 aliphatic heterocycles. The minimum absolute atomic E-state index is 0.0416. The van der Waals surface area contributed by atoms with E-state index in [2.05, 4.69) is 5.32 Å². The number of rotatable bonds is 5. The third-order valence-electron chi connectivity index (χ3n) is 2.40. The molecule has 1 amide bonds. The van der Waals surface area contributed by atoms with E-state index in [0.717, 1.165) is 0 Å². The first-order valence-corrected chi connectivity index (χ1v) is 5.41. The largest absolute Gasteiger partial charge is 0.339 e. The molecule has 0 aromatic heterocycles. The van der Waals surface area contributed by atoms with Gasteiger partial charge in [-0.05, 0) is 5.92 Å². The summed E-state index contributed by atoms with van der Waals surface area (Å²) in [6.07, 6.45) is 0.640. The summed E-state index contributed by atoms with van der Waals surface area (Å²) in [4.78, 5) is 34.0. The van der Waals surface area contributed by atoms with Crippen molar-refractivity contribution >= 4 is 18.0 Å². The molecule has 90 valence electrons. The van der Waals surface area contributed by atoms with Gasteiger partial charge in [0.25, 0.3) is 5.91 Å². The van der Waals surface area contributed by atoms with Gasteiger partial charge in [-0.3, -0.25) is 9.59 Å². The number of nitrogens with one attached hydrogen (secondary N) is 1. The van der Waals surface area contributed by atoms with Crippen LogP contribution in [0.15, 0.2) is 30.3 Å². The van der Waals surface area contributed by atoms with Gasteiger partial charge in [0.15, 0.2) is 0 Å². The highest BCUT2D eigenvalue weighted by Crippen LogP contribution is 2.02. The Balaban J connectivity index is 2.71. The molecule has 4 heteroatoms. The molecule has 0 aliphatic rings. The summed E-state index contributed by atoms with van der Waals surface area (Å²) in [6, 6.07) is 7.62. The van der Waals surface area contributed by atoms with Crippen LogP contribution in [0.25, 0.3) is 0 Å². The summed E-state index contributed by atoms with van der Waals surface area (Å²) in [5, 5.41) is 2.41. The predicted octanol–water partition coefficient (Wildman–Crippen LogP) is 1.21. The Morgan fingerprint density at radius 3 is 2.24 bits per heavy atom. The fraction of sp³-hybridized carbons (Fsp3) is 0.308. The Labute approximate surface area is 100 Å². The Bertz CT molecular complexity index is 412. The van der Waals surface area contributed by atoms with E-state index in [1.165, 1.54) is 0 Å². The average molecular weight is 233 g/mol. The van der Waals surface area contributed by atoms with Crippen molar-refractivity contribution in [3.05, 3.63) is 35.9 Å². The Morgan fingerprint density at radius 1 is 1.18 bits per heavy atom. The van der Waals surface area contributed by atoms with Crippen LogP contribution in [0, 0.1) is 5.92 Å². The second-order valence-electron chi connectivity index (χ2n) is 4.07. The van der Waals surface area contributed by atoms with Crippen molar-refractivity contribution in [2.75, 3.05) is 0 Å². The number of amides is 1. The molecule has 1 aromatic carbocycles. The lowest BCUT2D eigenvalue weighted by molar-refractivity contribution is -0.121. The maximum atomic E-state index is 11.7. The number of benzene rings is 1. The first-order valence-electron chi connectivity index (χ1n) is 5.41. The highest BCUT2D eigenvalue weighted by atomic mass is 16.2. The van der Waals surface area contributed by atoms with Crippen LogP contribution in [0.3, 0.4) is 0 Å². The molecule has 4 nitrogen and oxygen atoms in total. The number of ketones is 1. The Kier molecular flexibility index (Phi) is 4.57. The summed E-state index contributed by atoms with van der Waals surface area (Å²) >= 11 is 0. The van der Waals surface area contributed by atoms with Crippen molar-refractivity contribution in [3.63, 3.8) is 0 Å². The lowest BCUT2D eigenvalue weighted by Gasteiger charge is -2.15. The van der Waals surface area contributed by atoms with Gasteiger partial charge in [0, 0.05) is 5.56 Å². The summed E-state index contributed by atoms with van der Waals surface area (Å²) in [5.74, 6) is -1.42. The molecule has 0 fully saturated rings. The minimum Gasteiger partial charge on any atom is -0.339 e. The van der Waals surface area contributed by atoms with E-state index in [1.807, 2.05) is 0 Å². The maximum Gasteiger partial charge on any atom is 0.292 e.